The van der Waals surface area contributed by atoms with E-state index in [1.807, 2.05) is 19.1 Å². The molecule has 1 amide bonds. The molecule has 0 aromatic carbocycles. The fourth-order valence-electron chi connectivity index (χ4n) is 2.18. The van der Waals surface area contributed by atoms with Gasteiger partial charge in [-0.15, -0.1) is 0 Å². The van der Waals surface area contributed by atoms with Gasteiger partial charge in [0.1, 0.15) is 12.7 Å². The van der Waals surface area contributed by atoms with Crippen LogP contribution in [0.2, 0.25) is 0 Å². The van der Waals surface area contributed by atoms with Gasteiger partial charge in [0.15, 0.2) is 0 Å². The summed E-state index contributed by atoms with van der Waals surface area (Å²) in [5, 5.41) is 4.04. The summed E-state index contributed by atoms with van der Waals surface area (Å²) < 4.78 is 6.78. The van der Waals surface area contributed by atoms with E-state index in [4.69, 9.17) is 4.74 Å². The molecule has 0 fully saturated rings. The van der Waals surface area contributed by atoms with E-state index in [-0.39, 0.29) is 11.8 Å². The Labute approximate surface area is 129 Å². The highest BCUT2D eigenvalue weighted by Crippen LogP contribution is 2.10. The van der Waals surface area contributed by atoms with Gasteiger partial charge in [-0.25, -0.2) is 4.98 Å². The van der Waals surface area contributed by atoms with E-state index < -0.39 is 0 Å². The van der Waals surface area contributed by atoms with Crippen LogP contribution < -0.4 is 0 Å². The van der Waals surface area contributed by atoms with Crippen molar-refractivity contribution < 1.29 is 9.53 Å². The predicted molar refractivity (Wildman–Crippen MR) is 80.7 cm³/mol. The molecule has 118 valence electrons. The van der Waals surface area contributed by atoms with Crippen LogP contribution in [0, 0.1) is 5.92 Å². The van der Waals surface area contributed by atoms with Crippen molar-refractivity contribution in [1.82, 2.24) is 24.6 Å². The molecule has 22 heavy (non-hydrogen) atoms. The second-order valence-electron chi connectivity index (χ2n) is 5.13. The van der Waals surface area contributed by atoms with Crippen LogP contribution in [0.3, 0.4) is 0 Å². The van der Waals surface area contributed by atoms with Crippen molar-refractivity contribution in [1.29, 1.82) is 0 Å². The van der Waals surface area contributed by atoms with Crippen molar-refractivity contribution >= 4 is 5.91 Å². The maximum Gasteiger partial charge on any atom is 0.227 e. The van der Waals surface area contributed by atoms with E-state index in [9.17, 15) is 4.79 Å². The maximum absolute atomic E-state index is 12.7. The first-order valence-corrected chi connectivity index (χ1v) is 7.19. The van der Waals surface area contributed by atoms with Crippen LogP contribution in [0.1, 0.15) is 12.5 Å². The Bertz CT molecular complexity index is 559. The van der Waals surface area contributed by atoms with Crippen LogP contribution in [-0.4, -0.2) is 50.8 Å². The van der Waals surface area contributed by atoms with Crippen LogP contribution >= 0.6 is 0 Å². The van der Waals surface area contributed by atoms with Crippen molar-refractivity contribution in [2.75, 3.05) is 20.3 Å². The summed E-state index contributed by atoms with van der Waals surface area (Å²) in [4.78, 5) is 22.4. The number of hydrogen-bond acceptors (Lipinski definition) is 5. The Balaban J connectivity index is 2.01. The Morgan fingerprint density at radius 3 is 2.95 bits per heavy atom. The van der Waals surface area contributed by atoms with Crippen molar-refractivity contribution in [2.24, 2.45) is 5.92 Å². The smallest absolute Gasteiger partial charge is 0.227 e. The third-order valence-electron chi connectivity index (χ3n) is 3.32. The molecule has 0 aliphatic heterocycles. The van der Waals surface area contributed by atoms with E-state index in [2.05, 4.69) is 15.1 Å². The highest BCUT2D eigenvalue weighted by molar-refractivity contribution is 5.78. The molecule has 0 saturated heterocycles. The number of ether oxygens (including phenoxy) is 1. The van der Waals surface area contributed by atoms with Crippen molar-refractivity contribution in [2.45, 2.75) is 20.0 Å². The molecule has 0 N–H and O–H groups in total. The zero-order chi connectivity index (χ0) is 15.8. The SMILES string of the molecule is COCCN(Cc1cccnc1)C(=O)C(C)Cn1cncn1. The molecule has 2 aromatic heterocycles. The molecule has 2 rings (SSSR count). The standard InChI is InChI=1S/C15H21N5O2/c1-13(9-20-12-17-11-18-20)15(21)19(6-7-22-2)10-14-4-3-5-16-8-14/h3-5,8,11-13H,6-7,9-10H2,1-2H3. The first kappa shape index (κ1) is 16.1. The Morgan fingerprint density at radius 1 is 1.45 bits per heavy atom. The minimum Gasteiger partial charge on any atom is -0.383 e. The average Bonchev–Trinajstić information content (AvgIpc) is 3.04. The normalized spacial score (nSPS) is 12.1. The topological polar surface area (TPSA) is 73.1 Å². The van der Waals surface area contributed by atoms with Gasteiger partial charge in [0.05, 0.1) is 19.1 Å². The lowest BCUT2D eigenvalue weighted by Gasteiger charge is -2.25. The summed E-state index contributed by atoms with van der Waals surface area (Å²) in [7, 11) is 1.63. The minimum atomic E-state index is -0.185. The molecule has 7 nitrogen and oxygen atoms in total. The zero-order valence-electron chi connectivity index (χ0n) is 12.9. The molecule has 7 heteroatoms. The van der Waals surface area contributed by atoms with E-state index in [1.54, 1.807) is 35.4 Å². The molecule has 0 radical (unpaired) electrons. The zero-order valence-corrected chi connectivity index (χ0v) is 12.9. The Kier molecular flexibility index (Phi) is 6.02. The lowest BCUT2D eigenvalue weighted by Crippen LogP contribution is -2.38. The number of methoxy groups -OCH3 is 1. The molecular weight excluding hydrogens is 282 g/mol. The van der Waals surface area contributed by atoms with Gasteiger partial charge in [-0.05, 0) is 11.6 Å². The largest absolute Gasteiger partial charge is 0.383 e. The molecule has 1 atom stereocenters. The summed E-state index contributed by atoms with van der Waals surface area (Å²) >= 11 is 0. The van der Waals surface area contributed by atoms with Gasteiger partial charge >= 0.3 is 0 Å². The third-order valence-corrected chi connectivity index (χ3v) is 3.32. The van der Waals surface area contributed by atoms with Crippen molar-refractivity contribution in [3.05, 3.63) is 42.7 Å². The summed E-state index contributed by atoms with van der Waals surface area (Å²) in [5.41, 5.74) is 1.000. The van der Waals surface area contributed by atoms with Crippen LogP contribution in [0.25, 0.3) is 0 Å². The summed E-state index contributed by atoms with van der Waals surface area (Å²) in [6, 6.07) is 3.83. The Hall–Kier alpha value is -2.28. The monoisotopic (exact) mass is 303 g/mol. The number of carbonyl (C=O) groups excluding carboxylic acids is 1. The van der Waals surface area contributed by atoms with Gasteiger partial charge in [0.2, 0.25) is 5.91 Å². The van der Waals surface area contributed by atoms with E-state index >= 15 is 0 Å². The quantitative estimate of drug-likeness (QED) is 0.727. The predicted octanol–water partition coefficient (Wildman–Crippen LogP) is 0.984. The Morgan fingerprint density at radius 2 is 2.32 bits per heavy atom. The molecule has 0 bridgehead atoms. The highest BCUT2D eigenvalue weighted by Gasteiger charge is 2.21. The van der Waals surface area contributed by atoms with Gasteiger partial charge in [0, 0.05) is 32.6 Å². The van der Waals surface area contributed by atoms with E-state index in [0.717, 1.165) is 5.56 Å². The number of carbonyl (C=O) groups is 1. The van der Waals surface area contributed by atoms with Gasteiger partial charge < -0.3 is 9.64 Å². The van der Waals surface area contributed by atoms with Gasteiger partial charge in [-0.1, -0.05) is 13.0 Å². The minimum absolute atomic E-state index is 0.0661. The lowest BCUT2D eigenvalue weighted by molar-refractivity contribution is -0.136. The van der Waals surface area contributed by atoms with Crippen LogP contribution in [0.15, 0.2) is 37.2 Å². The number of rotatable bonds is 8. The van der Waals surface area contributed by atoms with Gasteiger partial charge in [-0.3, -0.25) is 14.5 Å². The molecule has 0 aliphatic rings. The number of pyridine rings is 1. The molecule has 0 saturated carbocycles. The number of aromatic nitrogens is 4. The van der Waals surface area contributed by atoms with Gasteiger partial charge in [-0.2, -0.15) is 5.10 Å². The molecule has 2 heterocycles. The number of nitrogens with zero attached hydrogens (tertiary/aromatic N) is 5. The fraction of sp³-hybridized carbons (Fsp3) is 0.467. The van der Waals surface area contributed by atoms with Crippen molar-refractivity contribution in [3.8, 4) is 0 Å². The number of amides is 1. The second-order valence-corrected chi connectivity index (χ2v) is 5.13. The molecular formula is C15H21N5O2. The van der Waals surface area contributed by atoms with E-state index in [0.29, 0.717) is 26.2 Å². The van der Waals surface area contributed by atoms with E-state index in [1.165, 1.54) is 6.33 Å². The molecule has 1 unspecified atom stereocenters. The van der Waals surface area contributed by atoms with Crippen molar-refractivity contribution in [3.63, 3.8) is 0 Å². The summed E-state index contributed by atoms with van der Waals surface area (Å²) in [6.07, 6.45) is 6.58. The maximum atomic E-state index is 12.7. The van der Waals surface area contributed by atoms with Crippen LogP contribution in [0.5, 0.6) is 0 Å². The van der Waals surface area contributed by atoms with Crippen LogP contribution in [-0.2, 0) is 22.6 Å². The lowest BCUT2D eigenvalue weighted by atomic mass is 10.1. The molecule has 2 aromatic rings. The van der Waals surface area contributed by atoms with Gasteiger partial charge in [0.25, 0.3) is 0 Å². The second kappa shape index (κ2) is 8.23. The highest BCUT2D eigenvalue weighted by atomic mass is 16.5. The molecule has 0 spiro atoms. The number of hydrogen-bond donors (Lipinski definition) is 0. The average molecular weight is 303 g/mol. The first-order valence-electron chi connectivity index (χ1n) is 7.19. The molecule has 0 aliphatic carbocycles. The summed E-state index contributed by atoms with van der Waals surface area (Å²) in [6.45, 7) is 3.98. The first-order chi connectivity index (χ1) is 10.7. The third kappa shape index (κ3) is 4.63. The van der Waals surface area contributed by atoms with Crippen LogP contribution in [0.4, 0.5) is 0 Å². The summed E-state index contributed by atoms with van der Waals surface area (Å²) in [5.74, 6) is -0.119. The fourth-order valence-corrected chi connectivity index (χ4v) is 2.18.